The third-order valence-corrected chi connectivity index (χ3v) is 3.62. The van der Waals surface area contributed by atoms with Crippen LogP contribution in [0.4, 0.5) is 5.69 Å². The minimum Gasteiger partial charge on any atom is -0.497 e. The molecule has 1 rings (SSSR count). The molecular weight excluding hydrogens is 292 g/mol. The van der Waals surface area contributed by atoms with Gasteiger partial charge in [0.05, 0.1) is 26.5 Å². The van der Waals surface area contributed by atoms with Crippen molar-refractivity contribution in [2.75, 3.05) is 40.2 Å². The highest BCUT2D eigenvalue weighted by molar-refractivity contribution is 5.94. The molecule has 0 saturated carbocycles. The monoisotopic (exact) mass is 322 g/mol. The second-order valence-electron chi connectivity index (χ2n) is 6.16. The number of anilines is 1. The number of ether oxygens (including phenoxy) is 2. The zero-order chi connectivity index (χ0) is 17.4. The van der Waals surface area contributed by atoms with Gasteiger partial charge in [-0.1, -0.05) is 13.8 Å². The van der Waals surface area contributed by atoms with Crippen molar-refractivity contribution in [1.82, 2.24) is 4.90 Å². The number of guanidine groups is 1. The van der Waals surface area contributed by atoms with Gasteiger partial charge < -0.3 is 25.4 Å². The molecule has 6 nitrogen and oxygen atoms in total. The van der Waals surface area contributed by atoms with Gasteiger partial charge in [-0.25, -0.2) is 0 Å². The predicted molar refractivity (Wildman–Crippen MR) is 96.6 cm³/mol. The van der Waals surface area contributed by atoms with E-state index in [1.54, 1.807) is 14.2 Å². The van der Waals surface area contributed by atoms with Crippen LogP contribution in [-0.4, -0.2) is 51.8 Å². The minimum atomic E-state index is 0.363. The number of nitrogens with zero attached hydrogens (tertiary/aromatic N) is 2. The highest BCUT2D eigenvalue weighted by Gasteiger charge is 2.13. The summed E-state index contributed by atoms with van der Waals surface area (Å²) in [5.41, 5.74) is 6.76. The standard InChI is InChI=1S/C17H30N4O2/c1-12(2)9-13(21(3)4)11-19-17(18)20-15-10-14(22-5)7-8-16(15)23-6/h7-8,10,12-13H,9,11H2,1-6H3,(H3,18,19,20). The van der Waals surface area contributed by atoms with Gasteiger partial charge in [0.25, 0.3) is 0 Å². The first-order valence-corrected chi connectivity index (χ1v) is 7.82. The number of likely N-dealkylation sites (N-methyl/N-ethyl adjacent to an activating group) is 1. The molecule has 0 saturated heterocycles. The summed E-state index contributed by atoms with van der Waals surface area (Å²) in [6.45, 7) is 5.07. The molecule has 0 aliphatic heterocycles. The lowest BCUT2D eigenvalue weighted by Gasteiger charge is -2.24. The van der Waals surface area contributed by atoms with Gasteiger partial charge in [-0.15, -0.1) is 0 Å². The van der Waals surface area contributed by atoms with Crippen molar-refractivity contribution in [3.8, 4) is 11.5 Å². The summed E-state index contributed by atoms with van der Waals surface area (Å²) < 4.78 is 10.6. The third-order valence-electron chi connectivity index (χ3n) is 3.62. The van der Waals surface area contributed by atoms with Gasteiger partial charge in [0.15, 0.2) is 5.96 Å². The van der Waals surface area contributed by atoms with E-state index in [-0.39, 0.29) is 0 Å². The smallest absolute Gasteiger partial charge is 0.193 e. The summed E-state index contributed by atoms with van der Waals surface area (Å²) in [6, 6.07) is 5.86. The maximum Gasteiger partial charge on any atom is 0.193 e. The van der Waals surface area contributed by atoms with Crippen molar-refractivity contribution >= 4 is 11.6 Å². The van der Waals surface area contributed by atoms with Crippen LogP contribution in [0.1, 0.15) is 20.3 Å². The number of benzene rings is 1. The highest BCUT2D eigenvalue weighted by atomic mass is 16.5. The van der Waals surface area contributed by atoms with E-state index in [9.17, 15) is 0 Å². The fourth-order valence-electron chi connectivity index (χ4n) is 2.29. The first kappa shape index (κ1) is 19.1. The number of aliphatic imine (C=N–C) groups is 1. The number of hydrogen-bond acceptors (Lipinski definition) is 4. The van der Waals surface area contributed by atoms with Crippen LogP contribution in [0.5, 0.6) is 11.5 Å². The van der Waals surface area contributed by atoms with Crippen molar-refractivity contribution in [3.05, 3.63) is 18.2 Å². The van der Waals surface area contributed by atoms with E-state index in [4.69, 9.17) is 15.2 Å². The van der Waals surface area contributed by atoms with E-state index in [2.05, 4.69) is 43.2 Å². The lowest BCUT2D eigenvalue weighted by molar-refractivity contribution is 0.261. The summed E-state index contributed by atoms with van der Waals surface area (Å²) in [4.78, 5) is 6.65. The van der Waals surface area contributed by atoms with Gasteiger partial charge in [-0.2, -0.15) is 0 Å². The average molecular weight is 322 g/mol. The van der Waals surface area contributed by atoms with E-state index in [1.807, 2.05) is 18.2 Å². The lowest BCUT2D eigenvalue weighted by atomic mass is 10.0. The number of hydrogen-bond donors (Lipinski definition) is 2. The van der Waals surface area contributed by atoms with E-state index in [0.717, 1.165) is 17.9 Å². The van der Waals surface area contributed by atoms with Crippen LogP contribution in [0, 0.1) is 5.92 Å². The Morgan fingerprint density at radius 3 is 2.48 bits per heavy atom. The highest BCUT2D eigenvalue weighted by Crippen LogP contribution is 2.28. The fourth-order valence-corrected chi connectivity index (χ4v) is 2.29. The Labute approximate surface area is 139 Å². The van der Waals surface area contributed by atoms with Crippen LogP contribution >= 0.6 is 0 Å². The van der Waals surface area contributed by atoms with Crippen molar-refractivity contribution in [2.45, 2.75) is 26.3 Å². The molecule has 0 bridgehead atoms. The molecule has 0 aromatic heterocycles. The van der Waals surface area contributed by atoms with Crippen LogP contribution in [0.2, 0.25) is 0 Å². The topological polar surface area (TPSA) is 72.1 Å². The quantitative estimate of drug-likeness (QED) is 0.568. The summed E-state index contributed by atoms with van der Waals surface area (Å²) in [5.74, 6) is 2.40. The lowest BCUT2D eigenvalue weighted by Crippen LogP contribution is -2.34. The van der Waals surface area contributed by atoms with Crippen LogP contribution in [0.15, 0.2) is 23.2 Å². The van der Waals surface area contributed by atoms with Crippen LogP contribution < -0.4 is 20.5 Å². The third kappa shape index (κ3) is 6.36. The van der Waals surface area contributed by atoms with Crippen LogP contribution in [-0.2, 0) is 0 Å². The van der Waals surface area contributed by atoms with E-state index < -0.39 is 0 Å². The Kier molecular flexibility index (Phi) is 7.68. The number of methoxy groups -OCH3 is 2. The number of nitrogens with two attached hydrogens (primary N) is 1. The predicted octanol–water partition coefficient (Wildman–Crippen LogP) is 2.41. The molecule has 6 heteroatoms. The van der Waals surface area contributed by atoms with Gasteiger partial charge in [0, 0.05) is 12.1 Å². The molecule has 0 aliphatic carbocycles. The molecule has 0 heterocycles. The van der Waals surface area contributed by atoms with E-state index >= 15 is 0 Å². The van der Waals surface area contributed by atoms with Gasteiger partial charge in [-0.05, 0) is 38.6 Å². The molecule has 1 atom stereocenters. The van der Waals surface area contributed by atoms with Gasteiger partial charge in [-0.3, -0.25) is 4.99 Å². The van der Waals surface area contributed by atoms with Gasteiger partial charge in [0.1, 0.15) is 11.5 Å². The van der Waals surface area contributed by atoms with Crippen molar-refractivity contribution in [3.63, 3.8) is 0 Å². The maximum atomic E-state index is 6.02. The van der Waals surface area contributed by atoms with Crippen LogP contribution in [0.3, 0.4) is 0 Å². The first-order valence-electron chi connectivity index (χ1n) is 7.82. The Bertz CT molecular complexity index is 515. The maximum absolute atomic E-state index is 6.02. The second-order valence-corrected chi connectivity index (χ2v) is 6.16. The zero-order valence-corrected chi connectivity index (χ0v) is 15.1. The molecule has 1 aromatic carbocycles. The summed E-state index contributed by atoms with van der Waals surface area (Å²) >= 11 is 0. The second kappa shape index (κ2) is 9.25. The molecular formula is C17H30N4O2. The number of rotatable bonds is 8. The molecule has 0 spiro atoms. The number of nitrogens with one attached hydrogen (secondary N) is 1. The van der Waals surface area contributed by atoms with Crippen molar-refractivity contribution in [2.24, 2.45) is 16.6 Å². The van der Waals surface area contributed by atoms with Crippen LogP contribution in [0.25, 0.3) is 0 Å². The van der Waals surface area contributed by atoms with Gasteiger partial charge >= 0.3 is 0 Å². The molecule has 0 fully saturated rings. The average Bonchev–Trinajstić information content (AvgIpc) is 2.50. The first-order chi connectivity index (χ1) is 10.9. The summed E-state index contributed by atoms with van der Waals surface area (Å²) in [6.07, 6.45) is 1.08. The van der Waals surface area contributed by atoms with Crippen molar-refractivity contribution in [1.29, 1.82) is 0 Å². The van der Waals surface area contributed by atoms with E-state index in [0.29, 0.717) is 30.2 Å². The molecule has 0 amide bonds. The molecule has 23 heavy (non-hydrogen) atoms. The molecule has 1 aromatic rings. The normalized spacial score (nSPS) is 13.3. The summed E-state index contributed by atoms with van der Waals surface area (Å²) in [5, 5.41) is 3.09. The molecule has 0 radical (unpaired) electrons. The molecule has 0 aliphatic rings. The Morgan fingerprint density at radius 1 is 1.26 bits per heavy atom. The molecule has 130 valence electrons. The fraction of sp³-hybridized carbons (Fsp3) is 0.588. The SMILES string of the molecule is COc1ccc(OC)c(NC(N)=NCC(CC(C)C)N(C)C)c1. The minimum absolute atomic E-state index is 0.363. The largest absolute Gasteiger partial charge is 0.497 e. The van der Waals surface area contributed by atoms with Crippen molar-refractivity contribution < 1.29 is 9.47 Å². The molecule has 3 N–H and O–H groups in total. The Hall–Kier alpha value is -1.95. The Balaban J connectivity index is 2.79. The zero-order valence-electron chi connectivity index (χ0n) is 15.1. The summed E-state index contributed by atoms with van der Waals surface area (Å²) in [7, 11) is 7.37. The van der Waals surface area contributed by atoms with E-state index in [1.165, 1.54) is 0 Å². The molecule has 1 unspecified atom stereocenters. The Morgan fingerprint density at radius 2 is 1.96 bits per heavy atom. The van der Waals surface area contributed by atoms with Gasteiger partial charge in [0.2, 0.25) is 0 Å².